The summed E-state index contributed by atoms with van der Waals surface area (Å²) in [7, 11) is 0. The van der Waals surface area contributed by atoms with Crippen LogP contribution in [-0.2, 0) is 0 Å². The van der Waals surface area contributed by atoms with Gasteiger partial charge in [-0.1, -0.05) is 26.0 Å². The Kier molecular flexibility index (Phi) is 4.41. The summed E-state index contributed by atoms with van der Waals surface area (Å²) in [5.74, 6) is 0.656. The van der Waals surface area contributed by atoms with Crippen molar-refractivity contribution in [3.8, 4) is 0 Å². The Hall–Kier alpha value is -0.300. The third-order valence-electron chi connectivity index (χ3n) is 1.03. The summed E-state index contributed by atoms with van der Waals surface area (Å²) >= 11 is 0. The van der Waals surface area contributed by atoms with Gasteiger partial charge in [0.1, 0.15) is 0 Å². The maximum atomic E-state index is 5.53. The van der Waals surface area contributed by atoms with Gasteiger partial charge in [0.25, 0.3) is 0 Å². The molecule has 1 atom stereocenters. The first-order valence-electron chi connectivity index (χ1n) is 3.55. The zero-order valence-electron chi connectivity index (χ0n) is 6.59. The van der Waals surface area contributed by atoms with Crippen molar-refractivity contribution in [3.63, 3.8) is 0 Å². The summed E-state index contributed by atoms with van der Waals surface area (Å²) in [4.78, 5) is 0. The van der Waals surface area contributed by atoms with Gasteiger partial charge in [0.2, 0.25) is 0 Å². The average Bonchev–Trinajstić information content (AvgIpc) is 1.63. The van der Waals surface area contributed by atoms with Crippen LogP contribution in [0.1, 0.15) is 27.2 Å². The molecule has 0 saturated heterocycles. The minimum Gasteiger partial charge on any atom is -0.328 e. The van der Waals surface area contributed by atoms with Gasteiger partial charge >= 0.3 is 0 Å². The van der Waals surface area contributed by atoms with E-state index in [4.69, 9.17) is 5.73 Å². The fourth-order valence-corrected chi connectivity index (χ4v) is 0.565. The zero-order valence-corrected chi connectivity index (χ0v) is 6.59. The molecule has 0 saturated carbocycles. The van der Waals surface area contributed by atoms with Crippen LogP contribution in [0.25, 0.3) is 0 Å². The van der Waals surface area contributed by atoms with Crippen LogP contribution in [0.2, 0.25) is 0 Å². The Balaban J connectivity index is 3.25. The van der Waals surface area contributed by atoms with E-state index in [1.165, 1.54) is 0 Å². The normalized spacial score (nSPS) is 15.2. The van der Waals surface area contributed by atoms with E-state index in [1.54, 1.807) is 0 Å². The molecule has 0 aromatic carbocycles. The summed E-state index contributed by atoms with van der Waals surface area (Å²) in [6.45, 7) is 6.35. The van der Waals surface area contributed by atoms with Crippen molar-refractivity contribution in [2.45, 2.75) is 33.2 Å². The molecule has 9 heavy (non-hydrogen) atoms. The van der Waals surface area contributed by atoms with E-state index < -0.39 is 0 Å². The molecule has 0 aliphatic heterocycles. The van der Waals surface area contributed by atoms with Gasteiger partial charge in [0.15, 0.2) is 0 Å². The molecular formula is C8H17N. The maximum Gasteiger partial charge on any atom is 0.00450 e. The lowest BCUT2D eigenvalue weighted by Gasteiger charge is -1.98. The largest absolute Gasteiger partial charge is 0.328 e. The zero-order chi connectivity index (χ0) is 7.28. The first-order valence-corrected chi connectivity index (χ1v) is 3.55. The Morgan fingerprint density at radius 2 is 1.89 bits per heavy atom. The molecule has 0 aliphatic rings. The lowest BCUT2D eigenvalue weighted by molar-refractivity contribution is 0.745. The Bertz CT molecular complexity index is 82.6. The van der Waals surface area contributed by atoms with Crippen LogP contribution < -0.4 is 5.73 Å². The molecule has 0 rings (SSSR count). The minimum atomic E-state index is 0.306. The molecule has 0 aliphatic carbocycles. The first-order chi connectivity index (χ1) is 4.13. The van der Waals surface area contributed by atoms with E-state index in [1.807, 2.05) is 6.92 Å². The van der Waals surface area contributed by atoms with Crippen molar-refractivity contribution in [1.82, 2.24) is 0 Å². The van der Waals surface area contributed by atoms with Crippen LogP contribution in [0, 0.1) is 5.92 Å². The van der Waals surface area contributed by atoms with Crippen LogP contribution >= 0.6 is 0 Å². The van der Waals surface area contributed by atoms with Gasteiger partial charge in [-0.05, 0) is 19.3 Å². The lowest BCUT2D eigenvalue weighted by Crippen LogP contribution is -2.12. The highest BCUT2D eigenvalue weighted by Gasteiger charge is 1.87. The average molecular weight is 127 g/mol. The Morgan fingerprint density at radius 3 is 2.22 bits per heavy atom. The van der Waals surface area contributed by atoms with E-state index in [9.17, 15) is 0 Å². The van der Waals surface area contributed by atoms with Gasteiger partial charge in [-0.25, -0.2) is 0 Å². The van der Waals surface area contributed by atoms with Crippen LogP contribution in [0.5, 0.6) is 0 Å². The van der Waals surface area contributed by atoms with Gasteiger partial charge < -0.3 is 5.73 Å². The molecule has 0 radical (unpaired) electrons. The van der Waals surface area contributed by atoms with Gasteiger partial charge in [-0.2, -0.15) is 0 Å². The highest BCUT2D eigenvalue weighted by atomic mass is 14.6. The molecule has 0 spiro atoms. The predicted molar refractivity (Wildman–Crippen MR) is 42.2 cm³/mol. The number of hydrogen-bond acceptors (Lipinski definition) is 1. The quantitative estimate of drug-likeness (QED) is 0.576. The van der Waals surface area contributed by atoms with Crippen molar-refractivity contribution < 1.29 is 0 Å². The molecule has 0 aromatic heterocycles. The molecular weight excluding hydrogens is 110 g/mol. The minimum absolute atomic E-state index is 0.306. The second-order valence-electron chi connectivity index (χ2n) is 2.89. The van der Waals surface area contributed by atoms with Crippen LogP contribution in [0.4, 0.5) is 0 Å². The summed E-state index contributed by atoms with van der Waals surface area (Å²) in [6, 6.07) is 0.306. The van der Waals surface area contributed by atoms with E-state index in [0.29, 0.717) is 12.0 Å². The molecule has 0 amide bonds. The summed E-state index contributed by atoms with van der Waals surface area (Å²) < 4.78 is 0. The standard InChI is InChI=1S/C8H17N/c1-7(2)5-4-6-8(3)9/h4-5,7-8H,6,9H2,1-3H3/b5-4+/t8-/m0/s1. The summed E-state index contributed by atoms with van der Waals surface area (Å²) in [5.41, 5.74) is 5.53. The smallest absolute Gasteiger partial charge is 0.00450 e. The summed E-state index contributed by atoms with van der Waals surface area (Å²) in [6.07, 6.45) is 5.33. The van der Waals surface area contributed by atoms with Gasteiger partial charge in [0, 0.05) is 6.04 Å². The predicted octanol–water partition coefficient (Wildman–Crippen LogP) is 1.94. The van der Waals surface area contributed by atoms with Crippen LogP contribution in [0.3, 0.4) is 0 Å². The number of hydrogen-bond donors (Lipinski definition) is 1. The SMILES string of the molecule is CC(C)/C=C/C[C@H](C)N. The molecule has 0 unspecified atom stereocenters. The molecule has 0 fully saturated rings. The lowest BCUT2D eigenvalue weighted by atomic mass is 10.1. The fourth-order valence-electron chi connectivity index (χ4n) is 0.565. The second-order valence-corrected chi connectivity index (χ2v) is 2.89. The van der Waals surface area contributed by atoms with Crippen LogP contribution in [-0.4, -0.2) is 6.04 Å². The fraction of sp³-hybridized carbons (Fsp3) is 0.750. The first kappa shape index (κ1) is 8.70. The molecule has 1 heteroatoms. The number of rotatable bonds is 3. The molecule has 2 N–H and O–H groups in total. The highest BCUT2D eigenvalue weighted by Crippen LogP contribution is 1.96. The van der Waals surface area contributed by atoms with Gasteiger partial charge in [-0.3, -0.25) is 0 Å². The maximum absolute atomic E-state index is 5.53. The number of allylic oxidation sites excluding steroid dienone is 1. The monoisotopic (exact) mass is 127 g/mol. The van der Waals surface area contributed by atoms with Crippen molar-refractivity contribution in [2.75, 3.05) is 0 Å². The molecule has 54 valence electrons. The third-order valence-corrected chi connectivity index (χ3v) is 1.03. The Morgan fingerprint density at radius 1 is 1.33 bits per heavy atom. The van der Waals surface area contributed by atoms with Crippen molar-refractivity contribution in [2.24, 2.45) is 11.7 Å². The topological polar surface area (TPSA) is 26.0 Å². The van der Waals surface area contributed by atoms with E-state index in [-0.39, 0.29) is 0 Å². The second kappa shape index (κ2) is 4.57. The van der Waals surface area contributed by atoms with Crippen molar-refractivity contribution in [1.29, 1.82) is 0 Å². The molecule has 0 bridgehead atoms. The van der Waals surface area contributed by atoms with E-state index in [2.05, 4.69) is 26.0 Å². The van der Waals surface area contributed by atoms with Crippen molar-refractivity contribution in [3.05, 3.63) is 12.2 Å². The van der Waals surface area contributed by atoms with Crippen molar-refractivity contribution >= 4 is 0 Å². The van der Waals surface area contributed by atoms with Gasteiger partial charge in [0.05, 0.1) is 0 Å². The Labute approximate surface area is 57.9 Å². The third kappa shape index (κ3) is 7.70. The number of nitrogens with two attached hydrogens (primary N) is 1. The van der Waals surface area contributed by atoms with E-state index >= 15 is 0 Å². The molecule has 0 heterocycles. The van der Waals surface area contributed by atoms with Gasteiger partial charge in [-0.15, -0.1) is 0 Å². The molecule has 0 aromatic rings. The van der Waals surface area contributed by atoms with Crippen LogP contribution in [0.15, 0.2) is 12.2 Å². The van der Waals surface area contributed by atoms with E-state index in [0.717, 1.165) is 6.42 Å². The highest BCUT2D eigenvalue weighted by molar-refractivity contribution is 4.86. The molecule has 1 nitrogen and oxygen atoms in total. The summed E-state index contributed by atoms with van der Waals surface area (Å²) in [5, 5.41) is 0.